The molecule has 150 valence electrons. The Bertz CT molecular complexity index is 617. The molecule has 6 nitrogen and oxygen atoms in total. The van der Waals surface area contributed by atoms with Crippen molar-refractivity contribution in [3.8, 4) is 0 Å². The Morgan fingerprint density at radius 2 is 1.78 bits per heavy atom. The summed E-state index contributed by atoms with van der Waals surface area (Å²) in [5, 5.41) is 3.54. The van der Waals surface area contributed by atoms with Gasteiger partial charge in [0.25, 0.3) is 0 Å². The fourth-order valence-electron chi connectivity index (χ4n) is 4.26. The number of hydrogen-bond acceptors (Lipinski definition) is 5. The highest BCUT2D eigenvalue weighted by atomic mass is 16.2. The largest absolute Gasteiger partial charge is 0.353 e. The van der Waals surface area contributed by atoms with E-state index in [9.17, 15) is 4.79 Å². The zero-order valence-electron chi connectivity index (χ0n) is 17.2. The third-order valence-electron chi connectivity index (χ3n) is 6.03. The maximum absolute atomic E-state index is 12.6. The SMILES string of the molecule is CCC(CC)C(=O)N1CCN(c2cc(C)nc(NC3CCCCC3)n2)CC1. The van der Waals surface area contributed by atoms with E-state index >= 15 is 0 Å². The quantitative estimate of drug-likeness (QED) is 0.825. The predicted octanol–water partition coefficient (Wildman–Crippen LogP) is 3.61. The Balaban J connectivity index is 1.61. The van der Waals surface area contributed by atoms with Crippen molar-refractivity contribution in [3.05, 3.63) is 11.8 Å². The third kappa shape index (κ3) is 5.11. The van der Waals surface area contributed by atoms with Gasteiger partial charge in [0.1, 0.15) is 5.82 Å². The van der Waals surface area contributed by atoms with Crippen LogP contribution >= 0.6 is 0 Å². The van der Waals surface area contributed by atoms with E-state index in [4.69, 9.17) is 4.98 Å². The molecule has 3 rings (SSSR count). The molecule has 0 radical (unpaired) electrons. The van der Waals surface area contributed by atoms with Gasteiger partial charge in [0.05, 0.1) is 0 Å². The van der Waals surface area contributed by atoms with Gasteiger partial charge in [0, 0.05) is 49.9 Å². The van der Waals surface area contributed by atoms with Crippen LogP contribution in [-0.4, -0.2) is 53.0 Å². The second-order valence-corrected chi connectivity index (χ2v) is 8.00. The number of hydrogen-bond donors (Lipinski definition) is 1. The van der Waals surface area contributed by atoms with Crippen LogP contribution in [0.1, 0.15) is 64.5 Å². The lowest BCUT2D eigenvalue weighted by Crippen LogP contribution is -2.50. The van der Waals surface area contributed by atoms with Crippen LogP contribution in [0.15, 0.2) is 6.07 Å². The first-order chi connectivity index (χ1) is 13.1. The van der Waals surface area contributed by atoms with E-state index in [1.807, 2.05) is 11.8 Å². The second kappa shape index (κ2) is 9.38. The van der Waals surface area contributed by atoms with E-state index in [0.29, 0.717) is 11.9 Å². The van der Waals surface area contributed by atoms with Gasteiger partial charge in [-0.25, -0.2) is 4.98 Å². The molecule has 2 fully saturated rings. The van der Waals surface area contributed by atoms with Crippen LogP contribution in [0, 0.1) is 12.8 Å². The summed E-state index contributed by atoms with van der Waals surface area (Å²) in [6.07, 6.45) is 8.21. The highest BCUT2D eigenvalue weighted by Crippen LogP contribution is 2.23. The van der Waals surface area contributed by atoms with Gasteiger partial charge in [0.2, 0.25) is 11.9 Å². The van der Waals surface area contributed by atoms with Gasteiger partial charge in [-0.3, -0.25) is 4.79 Å². The van der Waals surface area contributed by atoms with Gasteiger partial charge < -0.3 is 15.1 Å². The molecule has 2 heterocycles. The first-order valence-corrected chi connectivity index (χ1v) is 10.8. The van der Waals surface area contributed by atoms with Crippen LogP contribution in [0.5, 0.6) is 0 Å². The Kier molecular flexibility index (Phi) is 6.91. The normalized spacial score (nSPS) is 18.8. The van der Waals surface area contributed by atoms with Crippen molar-refractivity contribution in [2.75, 3.05) is 36.4 Å². The van der Waals surface area contributed by atoms with Gasteiger partial charge >= 0.3 is 0 Å². The first-order valence-electron chi connectivity index (χ1n) is 10.8. The van der Waals surface area contributed by atoms with Crippen molar-refractivity contribution < 1.29 is 4.79 Å². The molecular weight excluding hydrogens is 338 g/mol. The standard InChI is InChI=1S/C21H35N5O/c1-4-17(5-2)20(27)26-13-11-25(12-14-26)19-15-16(3)22-21(24-19)23-18-9-7-6-8-10-18/h15,17-18H,4-14H2,1-3H3,(H,22,23,24). The Morgan fingerprint density at radius 3 is 2.41 bits per heavy atom. The number of amides is 1. The van der Waals surface area contributed by atoms with E-state index in [1.54, 1.807) is 0 Å². The van der Waals surface area contributed by atoms with Gasteiger partial charge in [0.15, 0.2) is 0 Å². The number of aryl methyl sites for hydroxylation is 1. The van der Waals surface area contributed by atoms with E-state index in [1.165, 1.54) is 32.1 Å². The van der Waals surface area contributed by atoms with Gasteiger partial charge in [-0.2, -0.15) is 4.98 Å². The number of rotatable bonds is 6. The number of anilines is 2. The van der Waals surface area contributed by atoms with Crippen molar-refractivity contribution in [2.24, 2.45) is 5.92 Å². The Morgan fingerprint density at radius 1 is 1.11 bits per heavy atom. The summed E-state index contributed by atoms with van der Waals surface area (Å²) >= 11 is 0. The molecule has 1 N–H and O–H groups in total. The maximum Gasteiger partial charge on any atom is 0.225 e. The molecule has 6 heteroatoms. The highest BCUT2D eigenvalue weighted by Gasteiger charge is 2.26. The van der Waals surface area contributed by atoms with Crippen molar-refractivity contribution in [1.82, 2.24) is 14.9 Å². The highest BCUT2D eigenvalue weighted by molar-refractivity contribution is 5.79. The molecule has 0 bridgehead atoms. The molecule has 1 aromatic heterocycles. The lowest BCUT2D eigenvalue weighted by atomic mass is 9.96. The van der Waals surface area contributed by atoms with Crippen molar-refractivity contribution >= 4 is 17.7 Å². The van der Waals surface area contributed by atoms with Crippen LogP contribution in [0.3, 0.4) is 0 Å². The number of carbonyl (C=O) groups excluding carboxylic acids is 1. The topological polar surface area (TPSA) is 61.4 Å². The minimum Gasteiger partial charge on any atom is -0.353 e. The average molecular weight is 374 g/mol. The van der Waals surface area contributed by atoms with Crippen LogP contribution in [0.4, 0.5) is 11.8 Å². The van der Waals surface area contributed by atoms with Crippen molar-refractivity contribution in [2.45, 2.75) is 71.8 Å². The molecule has 1 saturated heterocycles. The summed E-state index contributed by atoms with van der Waals surface area (Å²) in [7, 11) is 0. The molecule has 1 amide bonds. The summed E-state index contributed by atoms with van der Waals surface area (Å²) in [6.45, 7) is 9.48. The summed E-state index contributed by atoms with van der Waals surface area (Å²) < 4.78 is 0. The number of nitrogens with one attached hydrogen (secondary N) is 1. The molecule has 1 aromatic rings. The lowest BCUT2D eigenvalue weighted by Gasteiger charge is -2.37. The molecule has 1 aliphatic carbocycles. The molecule has 27 heavy (non-hydrogen) atoms. The predicted molar refractivity (Wildman–Crippen MR) is 110 cm³/mol. The lowest BCUT2D eigenvalue weighted by molar-refractivity contribution is -0.136. The third-order valence-corrected chi connectivity index (χ3v) is 6.03. The monoisotopic (exact) mass is 373 g/mol. The fraction of sp³-hybridized carbons (Fsp3) is 0.762. The van der Waals surface area contributed by atoms with Crippen LogP contribution < -0.4 is 10.2 Å². The Labute approximate surface area is 163 Å². The minimum absolute atomic E-state index is 0.171. The average Bonchev–Trinajstić information content (AvgIpc) is 2.69. The molecule has 0 spiro atoms. The number of piperazine rings is 1. The number of carbonyl (C=O) groups is 1. The van der Waals surface area contributed by atoms with Crippen LogP contribution in [-0.2, 0) is 4.79 Å². The summed E-state index contributed by atoms with van der Waals surface area (Å²) in [6, 6.07) is 2.56. The van der Waals surface area contributed by atoms with Crippen LogP contribution in [0.2, 0.25) is 0 Å². The zero-order chi connectivity index (χ0) is 19.2. The molecule has 1 aliphatic heterocycles. The molecule has 0 unspecified atom stereocenters. The van der Waals surface area contributed by atoms with Crippen LogP contribution in [0.25, 0.3) is 0 Å². The molecule has 0 aromatic carbocycles. The van der Waals surface area contributed by atoms with Gasteiger partial charge in [-0.05, 0) is 32.6 Å². The summed E-state index contributed by atoms with van der Waals surface area (Å²) in [5.41, 5.74) is 0.994. The van der Waals surface area contributed by atoms with E-state index in [2.05, 4.69) is 35.1 Å². The van der Waals surface area contributed by atoms with E-state index < -0.39 is 0 Å². The summed E-state index contributed by atoms with van der Waals surface area (Å²) in [5.74, 6) is 2.23. The number of nitrogens with zero attached hydrogens (tertiary/aromatic N) is 4. The zero-order valence-corrected chi connectivity index (χ0v) is 17.2. The minimum atomic E-state index is 0.171. The molecule has 2 aliphatic rings. The molecule has 0 atom stereocenters. The molecule has 1 saturated carbocycles. The smallest absolute Gasteiger partial charge is 0.225 e. The van der Waals surface area contributed by atoms with Gasteiger partial charge in [-0.1, -0.05) is 33.1 Å². The Hall–Kier alpha value is -1.85. The summed E-state index contributed by atoms with van der Waals surface area (Å²) in [4.78, 5) is 26.3. The maximum atomic E-state index is 12.6. The van der Waals surface area contributed by atoms with E-state index in [0.717, 1.165) is 56.5 Å². The van der Waals surface area contributed by atoms with Gasteiger partial charge in [-0.15, -0.1) is 0 Å². The molecular formula is C21H35N5O. The van der Waals surface area contributed by atoms with Crippen molar-refractivity contribution in [1.29, 1.82) is 0 Å². The number of aromatic nitrogens is 2. The van der Waals surface area contributed by atoms with E-state index in [-0.39, 0.29) is 5.92 Å². The fourth-order valence-corrected chi connectivity index (χ4v) is 4.26. The second-order valence-electron chi connectivity index (χ2n) is 8.00. The van der Waals surface area contributed by atoms with Crippen molar-refractivity contribution in [3.63, 3.8) is 0 Å². The first kappa shape index (κ1) is 19.9.